The third-order valence-corrected chi connectivity index (χ3v) is 5.21. The molecule has 6 nitrogen and oxygen atoms in total. The Bertz CT molecular complexity index is 474. The molecule has 3 rings (SSSR count). The molecule has 2 saturated heterocycles. The topological polar surface area (TPSA) is 87.1 Å². The van der Waals surface area contributed by atoms with Crippen LogP contribution in [0, 0.1) is 5.92 Å². The molecule has 4 atom stereocenters. The first kappa shape index (κ1) is 16.3. The molecule has 3 aliphatic rings. The van der Waals surface area contributed by atoms with Crippen molar-refractivity contribution in [1.82, 2.24) is 4.90 Å². The second kappa shape index (κ2) is 5.98. The van der Waals surface area contributed by atoms with E-state index < -0.39 is 18.0 Å². The Balaban J connectivity index is 0.00000147. The molecule has 3 heterocycles. The van der Waals surface area contributed by atoms with E-state index in [9.17, 15) is 19.8 Å². The van der Waals surface area contributed by atoms with E-state index in [0.29, 0.717) is 11.5 Å². The molecule has 1 radical (unpaired) electrons. The van der Waals surface area contributed by atoms with Crippen LogP contribution in [-0.4, -0.2) is 80.7 Å². The summed E-state index contributed by atoms with van der Waals surface area (Å²) < 4.78 is 5.53. The van der Waals surface area contributed by atoms with Gasteiger partial charge in [-0.3, -0.25) is 9.69 Å². The van der Waals surface area contributed by atoms with Gasteiger partial charge in [-0.15, -0.1) is 0 Å². The van der Waals surface area contributed by atoms with Gasteiger partial charge in [-0.05, 0) is 19.8 Å². The summed E-state index contributed by atoms with van der Waals surface area (Å²) in [5, 5.41) is 18.6. The number of amides is 1. The number of aliphatic carboxylic acids is 1. The van der Waals surface area contributed by atoms with Crippen molar-refractivity contribution in [3.63, 3.8) is 0 Å². The minimum Gasteiger partial charge on any atom is -0.477 e. The first-order chi connectivity index (χ1) is 9.02. The second-order valence-corrected chi connectivity index (χ2v) is 6.16. The van der Waals surface area contributed by atoms with Gasteiger partial charge in [0, 0.05) is 41.1 Å². The Morgan fingerprint density at radius 2 is 2.25 bits per heavy atom. The predicted molar refractivity (Wildman–Crippen MR) is 72.8 cm³/mol. The normalized spacial score (nSPS) is 33.6. The summed E-state index contributed by atoms with van der Waals surface area (Å²) in [5.41, 5.74) is 0.0452. The number of aliphatic hydroxyl groups excluding tert-OH is 1. The summed E-state index contributed by atoms with van der Waals surface area (Å²) in [5.74, 6) is -1.92. The fourth-order valence-corrected chi connectivity index (χ4v) is 4.52. The molecule has 8 heteroatoms. The zero-order valence-electron chi connectivity index (χ0n) is 11.4. The van der Waals surface area contributed by atoms with E-state index in [0.717, 1.165) is 12.8 Å². The Kier molecular flexibility index (Phi) is 4.88. The molecule has 2 fully saturated rings. The molecule has 0 aromatic heterocycles. The van der Waals surface area contributed by atoms with Crippen LogP contribution in [0.4, 0.5) is 0 Å². The van der Waals surface area contributed by atoms with Crippen molar-refractivity contribution in [3.05, 3.63) is 10.6 Å². The van der Waals surface area contributed by atoms with Crippen molar-refractivity contribution in [2.24, 2.45) is 5.92 Å². The first-order valence-corrected chi connectivity index (χ1v) is 7.17. The predicted octanol–water partition coefficient (Wildman–Crippen LogP) is -0.00710. The Morgan fingerprint density at radius 3 is 2.75 bits per heavy atom. The minimum atomic E-state index is -1.10. The number of carboxylic acids is 1. The molecule has 2 N–H and O–H groups in total. The number of rotatable bonds is 3. The average molecular weight is 308 g/mol. The monoisotopic (exact) mass is 308 g/mol. The maximum Gasteiger partial charge on any atom is 0.353 e. The van der Waals surface area contributed by atoms with Gasteiger partial charge in [-0.1, -0.05) is 11.8 Å². The molecular formula is C12H15NNaO5S. The summed E-state index contributed by atoms with van der Waals surface area (Å²) >= 11 is 1.35. The van der Waals surface area contributed by atoms with Crippen LogP contribution in [0.3, 0.4) is 0 Å². The molecule has 0 bridgehead atoms. The average Bonchev–Trinajstić information content (AvgIpc) is 2.92. The number of fused-ring (bicyclic) bond motifs is 1. The van der Waals surface area contributed by atoms with Crippen LogP contribution in [0.2, 0.25) is 0 Å². The van der Waals surface area contributed by atoms with Crippen LogP contribution in [-0.2, 0) is 14.3 Å². The summed E-state index contributed by atoms with van der Waals surface area (Å²) in [6, 6.07) is 0. The number of aliphatic hydroxyl groups is 1. The van der Waals surface area contributed by atoms with Crippen molar-refractivity contribution in [2.75, 3.05) is 6.61 Å². The Morgan fingerprint density at radius 1 is 1.55 bits per heavy atom. The summed E-state index contributed by atoms with van der Waals surface area (Å²) in [6.45, 7) is 2.19. The van der Waals surface area contributed by atoms with E-state index in [1.165, 1.54) is 16.7 Å². The van der Waals surface area contributed by atoms with E-state index in [1.807, 2.05) is 0 Å². The molecule has 0 saturated carbocycles. The minimum absolute atomic E-state index is 0. The third kappa shape index (κ3) is 2.34. The first-order valence-electron chi connectivity index (χ1n) is 6.29. The van der Waals surface area contributed by atoms with E-state index in [2.05, 4.69) is 0 Å². The van der Waals surface area contributed by atoms with E-state index in [1.54, 1.807) is 6.92 Å². The zero-order chi connectivity index (χ0) is 13.7. The van der Waals surface area contributed by atoms with Gasteiger partial charge in [0.1, 0.15) is 11.1 Å². The van der Waals surface area contributed by atoms with Gasteiger partial charge in [0.25, 0.3) is 0 Å². The van der Waals surface area contributed by atoms with Crippen LogP contribution < -0.4 is 0 Å². The van der Waals surface area contributed by atoms with Crippen LogP contribution in [0.5, 0.6) is 0 Å². The fraction of sp³-hybridized carbons (Fsp3) is 0.667. The molecule has 0 spiro atoms. The van der Waals surface area contributed by atoms with E-state index in [-0.39, 0.29) is 52.6 Å². The number of hydrogen-bond donors (Lipinski definition) is 2. The number of carboxylic acid groups (broad SMARTS) is 1. The van der Waals surface area contributed by atoms with E-state index >= 15 is 0 Å². The van der Waals surface area contributed by atoms with Crippen molar-refractivity contribution in [3.8, 4) is 0 Å². The largest absolute Gasteiger partial charge is 0.477 e. The standard InChI is InChI=1S/C12H15NO5S.Na/c1-5(14)7-10(15)13-8(12(16)17)9(19-11(7)13)6-3-2-4-18-6;/h5-7,11,14H,2-4H2,1H3,(H,16,17);. The molecule has 1 amide bonds. The van der Waals surface area contributed by atoms with Gasteiger partial charge in [-0.25, -0.2) is 4.79 Å². The molecule has 4 unspecified atom stereocenters. The van der Waals surface area contributed by atoms with Crippen LogP contribution in [0.15, 0.2) is 10.6 Å². The number of ether oxygens (including phenoxy) is 1. The van der Waals surface area contributed by atoms with Gasteiger partial charge in [0.05, 0.1) is 18.1 Å². The van der Waals surface area contributed by atoms with Crippen LogP contribution in [0.1, 0.15) is 19.8 Å². The molecule has 3 aliphatic heterocycles. The quantitative estimate of drug-likeness (QED) is 0.563. The third-order valence-electron chi connectivity index (χ3n) is 3.75. The zero-order valence-corrected chi connectivity index (χ0v) is 14.2. The number of hydrogen-bond acceptors (Lipinski definition) is 5. The number of carbonyl (C=O) groups is 2. The number of carbonyl (C=O) groups excluding carboxylic acids is 1. The summed E-state index contributed by atoms with van der Waals surface area (Å²) in [7, 11) is 0. The van der Waals surface area contributed by atoms with Gasteiger partial charge < -0.3 is 14.9 Å². The second-order valence-electron chi connectivity index (χ2n) is 5.00. The van der Waals surface area contributed by atoms with Gasteiger partial charge in [-0.2, -0.15) is 0 Å². The van der Waals surface area contributed by atoms with Crippen molar-refractivity contribution >= 4 is 53.2 Å². The maximum atomic E-state index is 12.0. The molecular weight excluding hydrogens is 293 g/mol. The molecule has 0 aliphatic carbocycles. The van der Waals surface area contributed by atoms with Gasteiger partial charge >= 0.3 is 5.97 Å². The molecule has 0 aromatic rings. The maximum absolute atomic E-state index is 12.0. The smallest absolute Gasteiger partial charge is 0.353 e. The van der Waals surface area contributed by atoms with Gasteiger partial charge in [0.2, 0.25) is 5.91 Å². The Hall–Kier alpha value is -0.0500. The number of β-lactam (4-membered cyclic amide) rings is 1. The Labute approximate surface area is 142 Å². The van der Waals surface area contributed by atoms with Gasteiger partial charge in [0.15, 0.2) is 0 Å². The van der Waals surface area contributed by atoms with Crippen molar-refractivity contribution < 1.29 is 24.5 Å². The molecule has 0 aromatic carbocycles. The van der Waals surface area contributed by atoms with E-state index in [4.69, 9.17) is 4.74 Å². The summed E-state index contributed by atoms with van der Waals surface area (Å²) in [4.78, 5) is 25.3. The summed E-state index contributed by atoms with van der Waals surface area (Å²) in [6.07, 6.45) is 0.706. The van der Waals surface area contributed by atoms with Crippen molar-refractivity contribution in [2.45, 2.75) is 37.3 Å². The number of nitrogens with zero attached hydrogens (tertiary/aromatic N) is 1. The molecule has 105 valence electrons. The fourth-order valence-electron chi connectivity index (χ4n) is 2.82. The molecule has 20 heavy (non-hydrogen) atoms. The van der Waals surface area contributed by atoms with Crippen LogP contribution in [0.25, 0.3) is 0 Å². The number of thioether (sulfide) groups is 1. The SMILES string of the molecule is CC(O)C1C(=O)N2C(C(=O)O)=C(C3CCCO3)SC12.[Na]. The van der Waals surface area contributed by atoms with Crippen LogP contribution >= 0.6 is 11.8 Å². The van der Waals surface area contributed by atoms with Crippen molar-refractivity contribution in [1.29, 1.82) is 0 Å².